The van der Waals surface area contributed by atoms with Gasteiger partial charge in [-0.1, -0.05) is 6.07 Å². The molecule has 0 bridgehead atoms. The highest BCUT2D eigenvalue weighted by atomic mass is 19.1. The maximum atomic E-state index is 14.0. The summed E-state index contributed by atoms with van der Waals surface area (Å²) in [5.74, 6) is -1.06. The van der Waals surface area contributed by atoms with E-state index in [2.05, 4.69) is 9.72 Å². The number of hydrogen-bond donors (Lipinski definition) is 1. The number of carbonyl (C=O) groups is 1. The van der Waals surface area contributed by atoms with Gasteiger partial charge in [-0.3, -0.25) is 4.98 Å². The third-order valence-corrected chi connectivity index (χ3v) is 2.95. The second-order valence-corrected chi connectivity index (χ2v) is 4.34. The number of methoxy groups -OCH3 is 1. The monoisotopic (exact) mass is 275 g/mol. The summed E-state index contributed by atoms with van der Waals surface area (Å²) in [6.45, 7) is 1.54. The van der Waals surface area contributed by atoms with Crippen LogP contribution in [0.4, 0.5) is 4.39 Å². The Kier molecular flexibility index (Phi) is 4.10. The molecule has 0 atom stereocenters. The van der Waals surface area contributed by atoms with Gasteiger partial charge in [0.2, 0.25) is 0 Å². The highest BCUT2D eigenvalue weighted by Gasteiger charge is 2.17. The molecular formula is C15H14FNO3. The fourth-order valence-corrected chi connectivity index (χ4v) is 1.93. The Morgan fingerprint density at radius 2 is 2.10 bits per heavy atom. The van der Waals surface area contributed by atoms with E-state index in [-0.39, 0.29) is 17.7 Å². The molecule has 1 aromatic carbocycles. The largest absolute Gasteiger partial charge is 0.465 e. The first-order chi connectivity index (χ1) is 9.56. The minimum Gasteiger partial charge on any atom is -0.465 e. The van der Waals surface area contributed by atoms with Crippen LogP contribution >= 0.6 is 0 Å². The van der Waals surface area contributed by atoms with Gasteiger partial charge in [-0.15, -0.1) is 0 Å². The molecule has 1 heterocycles. The van der Waals surface area contributed by atoms with Gasteiger partial charge in [0.05, 0.1) is 19.3 Å². The Hall–Kier alpha value is -2.27. The lowest BCUT2D eigenvalue weighted by Crippen LogP contribution is -2.06. The van der Waals surface area contributed by atoms with Gasteiger partial charge in [0, 0.05) is 23.0 Å². The molecule has 104 valence electrons. The zero-order valence-corrected chi connectivity index (χ0v) is 11.2. The van der Waals surface area contributed by atoms with Crippen molar-refractivity contribution in [3.8, 4) is 11.1 Å². The van der Waals surface area contributed by atoms with E-state index in [9.17, 15) is 9.18 Å². The Morgan fingerprint density at radius 1 is 1.35 bits per heavy atom. The molecule has 1 aromatic heterocycles. The van der Waals surface area contributed by atoms with Crippen molar-refractivity contribution in [1.82, 2.24) is 4.98 Å². The van der Waals surface area contributed by atoms with Crippen molar-refractivity contribution in [2.75, 3.05) is 7.11 Å². The number of aliphatic hydroxyl groups excluding tert-OH is 1. The molecule has 0 spiro atoms. The molecule has 1 N–H and O–H groups in total. The number of aromatic nitrogens is 1. The summed E-state index contributed by atoms with van der Waals surface area (Å²) in [4.78, 5) is 15.8. The number of pyridine rings is 1. The van der Waals surface area contributed by atoms with Gasteiger partial charge >= 0.3 is 5.97 Å². The predicted octanol–water partition coefficient (Wildman–Crippen LogP) is 2.48. The highest BCUT2D eigenvalue weighted by molar-refractivity contribution is 5.97. The Bertz CT molecular complexity index is 656. The van der Waals surface area contributed by atoms with Crippen LogP contribution in [0.3, 0.4) is 0 Å². The molecule has 0 unspecified atom stereocenters. The molecule has 0 aliphatic heterocycles. The number of carbonyl (C=O) groups excluding carboxylic acids is 1. The topological polar surface area (TPSA) is 59.4 Å². The lowest BCUT2D eigenvalue weighted by atomic mass is 9.98. The first kappa shape index (κ1) is 14.1. The molecule has 0 saturated heterocycles. The number of rotatable bonds is 3. The van der Waals surface area contributed by atoms with Gasteiger partial charge in [0.1, 0.15) is 5.82 Å². The molecule has 5 heteroatoms. The maximum absolute atomic E-state index is 14.0. The van der Waals surface area contributed by atoms with Crippen molar-refractivity contribution in [3.05, 3.63) is 53.1 Å². The number of esters is 1. The van der Waals surface area contributed by atoms with Gasteiger partial charge in [-0.2, -0.15) is 0 Å². The van der Waals surface area contributed by atoms with E-state index in [1.807, 2.05) is 0 Å². The third-order valence-electron chi connectivity index (χ3n) is 2.95. The van der Waals surface area contributed by atoms with E-state index in [1.165, 1.54) is 31.5 Å². The van der Waals surface area contributed by atoms with Gasteiger partial charge < -0.3 is 9.84 Å². The molecular weight excluding hydrogens is 261 g/mol. The number of ether oxygens (including phenoxy) is 1. The first-order valence-electron chi connectivity index (χ1n) is 6.01. The van der Waals surface area contributed by atoms with Gasteiger partial charge in [-0.25, -0.2) is 9.18 Å². The average molecular weight is 275 g/mol. The lowest BCUT2D eigenvalue weighted by molar-refractivity contribution is 0.0601. The summed E-state index contributed by atoms with van der Waals surface area (Å²) in [5.41, 5.74) is 2.04. The van der Waals surface area contributed by atoms with Crippen LogP contribution in [0.1, 0.15) is 21.6 Å². The molecule has 0 aliphatic carbocycles. The lowest BCUT2D eigenvalue weighted by Gasteiger charge is -2.11. The summed E-state index contributed by atoms with van der Waals surface area (Å²) >= 11 is 0. The summed E-state index contributed by atoms with van der Waals surface area (Å²) in [7, 11) is 1.26. The van der Waals surface area contributed by atoms with Crippen molar-refractivity contribution >= 4 is 5.97 Å². The van der Waals surface area contributed by atoms with Crippen molar-refractivity contribution in [3.63, 3.8) is 0 Å². The summed E-state index contributed by atoms with van der Waals surface area (Å²) in [6, 6.07) is 5.88. The van der Waals surface area contributed by atoms with Crippen molar-refractivity contribution in [2.45, 2.75) is 13.5 Å². The van der Waals surface area contributed by atoms with E-state index in [0.29, 0.717) is 16.8 Å². The van der Waals surface area contributed by atoms with Crippen molar-refractivity contribution in [2.24, 2.45) is 0 Å². The summed E-state index contributed by atoms with van der Waals surface area (Å²) < 4.78 is 18.7. The zero-order chi connectivity index (χ0) is 14.7. The van der Waals surface area contributed by atoms with Crippen LogP contribution in [0.15, 0.2) is 30.5 Å². The molecule has 2 aromatic rings. The Labute approximate surface area is 115 Å². The zero-order valence-electron chi connectivity index (χ0n) is 11.2. The number of aliphatic hydroxyl groups is 1. The van der Waals surface area contributed by atoms with E-state index in [4.69, 9.17) is 5.11 Å². The van der Waals surface area contributed by atoms with Crippen LogP contribution in [0.5, 0.6) is 0 Å². The predicted molar refractivity (Wildman–Crippen MR) is 71.6 cm³/mol. The van der Waals surface area contributed by atoms with Crippen LogP contribution < -0.4 is 0 Å². The Balaban J connectivity index is 2.67. The second-order valence-electron chi connectivity index (χ2n) is 4.34. The van der Waals surface area contributed by atoms with Gasteiger partial charge in [0.25, 0.3) is 0 Å². The van der Waals surface area contributed by atoms with Gasteiger partial charge in [-0.05, 0) is 30.7 Å². The number of halogens is 1. The molecule has 0 saturated carbocycles. The Morgan fingerprint density at radius 3 is 2.75 bits per heavy atom. The quantitative estimate of drug-likeness (QED) is 0.874. The maximum Gasteiger partial charge on any atom is 0.340 e. The standard InChI is InChI=1S/C15H14FNO3/c1-9-5-11(13(7-17-9)15(19)20-2)12-6-10(8-18)3-4-14(12)16/h3-7,18H,8H2,1-2H3. The normalized spacial score (nSPS) is 10.4. The first-order valence-corrected chi connectivity index (χ1v) is 6.01. The van der Waals surface area contributed by atoms with Crippen molar-refractivity contribution in [1.29, 1.82) is 0 Å². The molecule has 4 nitrogen and oxygen atoms in total. The number of nitrogens with zero attached hydrogens (tertiary/aromatic N) is 1. The van der Waals surface area contributed by atoms with Crippen LogP contribution in [0.25, 0.3) is 11.1 Å². The SMILES string of the molecule is COC(=O)c1cnc(C)cc1-c1cc(CO)ccc1F. The van der Waals surface area contributed by atoms with Crippen molar-refractivity contribution < 1.29 is 19.0 Å². The smallest absolute Gasteiger partial charge is 0.340 e. The minimum atomic E-state index is -0.582. The molecule has 2 rings (SSSR count). The highest BCUT2D eigenvalue weighted by Crippen LogP contribution is 2.28. The number of benzene rings is 1. The molecule has 0 aliphatic rings. The minimum absolute atomic E-state index is 0.187. The van der Waals surface area contributed by atoms with Crippen LogP contribution in [-0.4, -0.2) is 23.2 Å². The fourth-order valence-electron chi connectivity index (χ4n) is 1.93. The van der Waals surface area contributed by atoms with Crippen LogP contribution in [0.2, 0.25) is 0 Å². The van der Waals surface area contributed by atoms with E-state index in [1.54, 1.807) is 13.0 Å². The van der Waals surface area contributed by atoms with E-state index in [0.717, 1.165) is 0 Å². The number of hydrogen-bond acceptors (Lipinski definition) is 4. The average Bonchev–Trinajstić information content (AvgIpc) is 2.47. The van der Waals surface area contributed by atoms with Crippen LogP contribution in [0, 0.1) is 12.7 Å². The summed E-state index contributed by atoms with van der Waals surface area (Å²) in [6.07, 6.45) is 1.36. The fraction of sp³-hybridized carbons (Fsp3) is 0.200. The van der Waals surface area contributed by atoms with Gasteiger partial charge in [0.15, 0.2) is 0 Å². The van der Waals surface area contributed by atoms with Crippen LogP contribution in [-0.2, 0) is 11.3 Å². The van der Waals surface area contributed by atoms with E-state index >= 15 is 0 Å². The number of aryl methyl sites for hydroxylation is 1. The molecule has 0 radical (unpaired) electrons. The second kappa shape index (κ2) is 5.79. The summed E-state index contributed by atoms with van der Waals surface area (Å²) in [5, 5.41) is 9.15. The molecule has 0 fully saturated rings. The molecule has 0 amide bonds. The molecule has 20 heavy (non-hydrogen) atoms. The van der Waals surface area contributed by atoms with E-state index < -0.39 is 11.8 Å². The third kappa shape index (κ3) is 2.67.